The van der Waals surface area contributed by atoms with Crippen LogP contribution in [-0.4, -0.2) is 43.6 Å². The molecule has 0 spiro atoms. The van der Waals surface area contributed by atoms with Gasteiger partial charge in [0.2, 0.25) is 5.78 Å². The number of hydrogen-bond acceptors (Lipinski definition) is 8. The minimum atomic E-state index is -0.165. The van der Waals surface area contributed by atoms with E-state index < -0.39 is 0 Å². The Morgan fingerprint density at radius 1 is 1.29 bits per heavy atom. The second-order valence-electron chi connectivity index (χ2n) is 7.46. The van der Waals surface area contributed by atoms with Crippen molar-refractivity contribution in [2.75, 3.05) is 42.7 Å². The Labute approximate surface area is 186 Å². The zero-order valence-corrected chi connectivity index (χ0v) is 18.5. The van der Waals surface area contributed by atoms with Gasteiger partial charge in [-0.05, 0) is 49.4 Å². The highest BCUT2D eigenvalue weighted by atomic mass is 32.1. The largest absolute Gasteiger partial charge is 0.497 e. The molecular formula is C23H27N5O2S. The van der Waals surface area contributed by atoms with E-state index in [-0.39, 0.29) is 11.6 Å². The third-order valence-corrected chi connectivity index (χ3v) is 6.34. The summed E-state index contributed by atoms with van der Waals surface area (Å²) < 4.78 is 5.20. The maximum atomic E-state index is 12.9. The minimum Gasteiger partial charge on any atom is -0.497 e. The summed E-state index contributed by atoms with van der Waals surface area (Å²) in [6, 6.07) is 15.8. The number of carbonyl (C=O) groups excluding carboxylic acids is 1. The first-order valence-corrected chi connectivity index (χ1v) is 11.2. The second kappa shape index (κ2) is 9.36. The number of likely N-dealkylation sites (N-methyl/N-ethyl adjacent to an activating group) is 1. The first-order chi connectivity index (χ1) is 15.1. The van der Waals surface area contributed by atoms with Gasteiger partial charge < -0.3 is 26.0 Å². The van der Waals surface area contributed by atoms with Gasteiger partial charge in [-0.25, -0.2) is 4.98 Å². The molecule has 162 valence electrons. The summed E-state index contributed by atoms with van der Waals surface area (Å²) in [4.78, 5) is 20.0. The summed E-state index contributed by atoms with van der Waals surface area (Å²) in [6.07, 6.45) is 1.16. The van der Waals surface area contributed by atoms with Crippen molar-refractivity contribution in [3.8, 4) is 5.75 Å². The van der Waals surface area contributed by atoms with Crippen LogP contribution in [0.25, 0.3) is 0 Å². The molecule has 2 aromatic carbocycles. The van der Waals surface area contributed by atoms with Crippen molar-refractivity contribution in [2.24, 2.45) is 0 Å². The van der Waals surface area contributed by atoms with E-state index in [0.717, 1.165) is 31.7 Å². The molecule has 2 heterocycles. The van der Waals surface area contributed by atoms with Gasteiger partial charge in [-0.2, -0.15) is 0 Å². The predicted molar refractivity (Wildman–Crippen MR) is 127 cm³/mol. The van der Waals surface area contributed by atoms with Crippen molar-refractivity contribution in [3.05, 3.63) is 59.0 Å². The second-order valence-corrected chi connectivity index (χ2v) is 8.45. The average Bonchev–Trinajstić information content (AvgIpc) is 3.40. The summed E-state index contributed by atoms with van der Waals surface area (Å²) in [5, 5.41) is 7.36. The zero-order chi connectivity index (χ0) is 21.8. The molecule has 7 nitrogen and oxygen atoms in total. The van der Waals surface area contributed by atoms with Gasteiger partial charge in [0.15, 0.2) is 5.13 Å². The molecule has 1 atom stereocenters. The summed E-state index contributed by atoms with van der Waals surface area (Å²) >= 11 is 1.25. The van der Waals surface area contributed by atoms with Crippen molar-refractivity contribution in [2.45, 2.75) is 19.4 Å². The molecule has 0 saturated carbocycles. The first kappa shape index (κ1) is 21.1. The third-order valence-electron chi connectivity index (χ3n) is 5.36. The smallest absolute Gasteiger partial charge is 0.206 e. The van der Waals surface area contributed by atoms with Crippen molar-refractivity contribution < 1.29 is 9.53 Å². The molecule has 0 aliphatic carbocycles. The van der Waals surface area contributed by atoms with Crippen LogP contribution in [0.5, 0.6) is 5.75 Å². The molecule has 4 rings (SSSR count). The van der Waals surface area contributed by atoms with Gasteiger partial charge in [0.1, 0.15) is 16.4 Å². The molecule has 0 amide bonds. The van der Waals surface area contributed by atoms with E-state index in [4.69, 9.17) is 10.5 Å². The molecule has 1 aliphatic heterocycles. The van der Waals surface area contributed by atoms with Crippen LogP contribution < -0.4 is 26.0 Å². The Hall–Kier alpha value is -3.10. The van der Waals surface area contributed by atoms with E-state index in [1.54, 1.807) is 31.4 Å². The molecule has 0 radical (unpaired) electrons. The number of thiazole rings is 1. The Morgan fingerprint density at radius 3 is 2.84 bits per heavy atom. The van der Waals surface area contributed by atoms with E-state index in [0.29, 0.717) is 27.4 Å². The molecule has 0 bridgehead atoms. The Kier molecular flexibility index (Phi) is 6.39. The maximum absolute atomic E-state index is 12.9. The fraction of sp³-hybridized carbons (Fsp3) is 0.304. The van der Waals surface area contributed by atoms with Gasteiger partial charge in [0.25, 0.3) is 0 Å². The molecule has 1 fully saturated rings. The number of nitrogens with two attached hydrogens (primary N) is 1. The van der Waals surface area contributed by atoms with E-state index >= 15 is 0 Å². The Morgan fingerprint density at radius 2 is 2.10 bits per heavy atom. The summed E-state index contributed by atoms with van der Waals surface area (Å²) in [7, 11) is 1.57. The average molecular weight is 438 g/mol. The number of nitrogen functional groups attached to an aromatic ring is 1. The fourth-order valence-corrected chi connectivity index (χ4v) is 4.64. The van der Waals surface area contributed by atoms with Crippen LogP contribution in [0.15, 0.2) is 48.5 Å². The van der Waals surface area contributed by atoms with E-state index in [2.05, 4.69) is 39.6 Å². The van der Waals surface area contributed by atoms with Crippen LogP contribution in [-0.2, 0) is 0 Å². The van der Waals surface area contributed by atoms with Gasteiger partial charge >= 0.3 is 0 Å². The van der Waals surface area contributed by atoms with E-state index in [9.17, 15) is 4.79 Å². The van der Waals surface area contributed by atoms with Crippen LogP contribution in [0.2, 0.25) is 0 Å². The Balaban J connectivity index is 1.44. The van der Waals surface area contributed by atoms with Crippen LogP contribution in [0.3, 0.4) is 0 Å². The lowest BCUT2D eigenvalue weighted by Gasteiger charge is -2.19. The first-order valence-electron chi connectivity index (χ1n) is 10.4. The lowest BCUT2D eigenvalue weighted by molar-refractivity contribution is 0.104. The lowest BCUT2D eigenvalue weighted by atomic mass is 10.1. The molecule has 3 aromatic rings. The van der Waals surface area contributed by atoms with Crippen molar-refractivity contribution in [1.82, 2.24) is 10.3 Å². The summed E-state index contributed by atoms with van der Waals surface area (Å²) in [6.45, 7) is 5.23. The van der Waals surface area contributed by atoms with E-state index in [1.807, 2.05) is 12.1 Å². The number of methoxy groups -OCH3 is 1. The highest BCUT2D eigenvalue weighted by Gasteiger charge is 2.22. The quantitative estimate of drug-likeness (QED) is 0.460. The number of carbonyl (C=O) groups is 1. The molecular weight excluding hydrogens is 410 g/mol. The van der Waals surface area contributed by atoms with Gasteiger partial charge in [-0.3, -0.25) is 4.79 Å². The monoisotopic (exact) mass is 437 g/mol. The number of ketones is 1. The zero-order valence-electron chi connectivity index (χ0n) is 17.7. The fourth-order valence-electron chi connectivity index (χ4n) is 3.77. The number of benzene rings is 2. The molecule has 8 heteroatoms. The van der Waals surface area contributed by atoms with Crippen LogP contribution >= 0.6 is 11.3 Å². The van der Waals surface area contributed by atoms with E-state index in [1.165, 1.54) is 17.0 Å². The molecule has 4 N–H and O–H groups in total. The number of ether oxygens (including phenoxy) is 1. The number of aromatic nitrogens is 1. The van der Waals surface area contributed by atoms with Crippen molar-refractivity contribution >= 4 is 39.4 Å². The van der Waals surface area contributed by atoms with Gasteiger partial charge in [-0.15, -0.1) is 0 Å². The van der Waals surface area contributed by atoms with Gasteiger partial charge in [0.05, 0.1) is 7.11 Å². The highest BCUT2D eigenvalue weighted by molar-refractivity contribution is 7.18. The van der Waals surface area contributed by atoms with Gasteiger partial charge in [0, 0.05) is 36.1 Å². The highest BCUT2D eigenvalue weighted by Crippen LogP contribution is 2.31. The van der Waals surface area contributed by atoms with Crippen LogP contribution in [0, 0.1) is 0 Å². The number of nitrogens with zero attached hydrogens (tertiary/aromatic N) is 2. The molecule has 1 aliphatic rings. The molecule has 1 aromatic heterocycles. The third kappa shape index (κ3) is 4.81. The summed E-state index contributed by atoms with van der Waals surface area (Å²) in [5.74, 6) is 0.687. The summed E-state index contributed by atoms with van der Waals surface area (Å²) in [5.41, 5.74) is 8.67. The van der Waals surface area contributed by atoms with Crippen LogP contribution in [0.1, 0.15) is 28.6 Å². The maximum Gasteiger partial charge on any atom is 0.206 e. The standard InChI is InChI=1S/C23H27N5O2S/c1-3-25-17-11-12-28(14-17)18-9-7-16(8-10-18)26-23-27-22(24)21(31-23)20(29)15-5-4-6-19(13-15)30-2/h4-10,13,17,25H,3,11-12,14,24H2,1-2H3,(H,26,27). The topological polar surface area (TPSA) is 92.5 Å². The van der Waals surface area contributed by atoms with Crippen molar-refractivity contribution in [3.63, 3.8) is 0 Å². The molecule has 1 saturated heterocycles. The van der Waals surface area contributed by atoms with Gasteiger partial charge in [-0.1, -0.05) is 30.4 Å². The number of rotatable bonds is 8. The lowest BCUT2D eigenvalue weighted by Crippen LogP contribution is -2.32. The number of nitrogens with one attached hydrogen (secondary N) is 2. The Bertz CT molecular complexity index is 1050. The SMILES string of the molecule is CCNC1CCN(c2ccc(Nc3nc(N)c(C(=O)c4cccc(OC)c4)s3)cc2)C1. The number of hydrogen-bond donors (Lipinski definition) is 3. The van der Waals surface area contributed by atoms with Crippen molar-refractivity contribution in [1.29, 1.82) is 0 Å². The number of anilines is 4. The predicted octanol–water partition coefficient (Wildman–Crippen LogP) is 3.90. The normalized spacial score (nSPS) is 15.8. The minimum absolute atomic E-state index is 0.165. The molecule has 31 heavy (non-hydrogen) atoms. The van der Waals surface area contributed by atoms with Crippen LogP contribution in [0.4, 0.5) is 22.3 Å². The molecule has 1 unspecified atom stereocenters.